The highest BCUT2D eigenvalue weighted by atomic mass is 16.4. The summed E-state index contributed by atoms with van der Waals surface area (Å²) in [6.45, 7) is 0. The Bertz CT molecular complexity index is 1220. The third-order valence-corrected chi connectivity index (χ3v) is 4.78. The summed E-state index contributed by atoms with van der Waals surface area (Å²) >= 11 is 0. The van der Waals surface area contributed by atoms with Gasteiger partial charge in [0.2, 0.25) is 0 Å². The number of benzene rings is 3. The third-order valence-electron chi connectivity index (χ3n) is 4.78. The molecule has 0 bridgehead atoms. The predicted octanol–water partition coefficient (Wildman–Crippen LogP) is 2.82. The first kappa shape index (κ1) is 18.4. The van der Waals surface area contributed by atoms with Gasteiger partial charge in [-0.25, -0.2) is 4.98 Å². The lowest BCUT2D eigenvalue weighted by Crippen LogP contribution is -2.26. The van der Waals surface area contributed by atoms with Crippen LogP contribution in [0.2, 0.25) is 0 Å². The highest BCUT2D eigenvalue weighted by Gasteiger charge is 2.21. The van der Waals surface area contributed by atoms with Crippen LogP contribution in [0.4, 0.5) is 5.69 Å². The predicted molar refractivity (Wildman–Crippen MR) is 110 cm³/mol. The van der Waals surface area contributed by atoms with Gasteiger partial charge in [-0.3, -0.25) is 9.36 Å². The first-order valence-electron chi connectivity index (χ1n) is 9.07. The highest BCUT2D eigenvalue weighted by molar-refractivity contribution is 6.09. The average molecular weight is 384 g/mol. The summed E-state index contributed by atoms with van der Waals surface area (Å²) < 4.78 is 1.46. The molecule has 144 valence electrons. The minimum atomic E-state index is -1.39. The van der Waals surface area contributed by atoms with E-state index < -0.39 is 11.9 Å². The van der Waals surface area contributed by atoms with Gasteiger partial charge >= 0.3 is 0 Å². The number of carbonyl (C=O) groups excluding carboxylic acids is 2. The number of anilines is 1. The first-order valence-corrected chi connectivity index (χ1v) is 9.07. The van der Waals surface area contributed by atoms with Crippen LogP contribution < -0.4 is 10.0 Å². The summed E-state index contributed by atoms with van der Waals surface area (Å²) in [6, 6.07) is 21.0. The molecule has 0 aliphatic carbocycles. The average Bonchev–Trinajstić information content (AvgIpc) is 3.12. The van der Waals surface area contributed by atoms with E-state index in [1.807, 2.05) is 61.5 Å². The van der Waals surface area contributed by atoms with Crippen LogP contribution >= 0.6 is 0 Å². The van der Waals surface area contributed by atoms with Crippen molar-refractivity contribution in [1.29, 1.82) is 0 Å². The van der Waals surface area contributed by atoms with Crippen LogP contribution in [0.1, 0.15) is 20.7 Å². The molecule has 0 aliphatic heterocycles. The Hall–Kier alpha value is -3.93. The second kappa shape index (κ2) is 7.24. The molecule has 3 aromatic carbocycles. The summed E-state index contributed by atoms with van der Waals surface area (Å²) in [5.74, 6) is -1.41. The number of carbonyl (C=O) groups is 2. The molecule has 0 N–H and O–H groups in total. The minimum absolute atomic E-state index is 0.0572. The Labute approximate surface area is 167 Å². The Kier molecular flexibility index (Phi) is 4.60. The molecule has 6 heteroatoms. The summed E-state index contributed by atoms with van der Waals surface area (Å²) in [6.07, 6.45) is 0. The highest BCUT2D eigenvalue weighted by Crippen LogP contribution is 2.28. The van der Waals surface area contributed by atoms with Gasteiger partial charge in [0.15, 0.2) is 0 Å². The fraction of sp³-hybridized carbons (Fsp3) is 0.0870. The van der Waals surface area contributed by atoms with Crippen LogP contribution in [0.5, 0.6) is 0 Å². The molecular formula is C23H18N3O3-. The van der Waals surface area contributed by atoms with Gasteiger partial charge in [-0.2, -0.15) is 0 Å². The zero-order valence-electron chi connectivity index (χ0n) is 16.0. The normalized spacial score (nSPS) is 10.8. The molecule has 0 aliphatic rings. The van der Waals surface area contributed by atoms with Crippen LogP contribution in [0.15, 0.2) is 72.8 Å². The fourth-order valence-corrected chi connectivity index (χ4v) is 3.30. The van der Waals surface area contributed by atoms with Crippen LogP contribution in [-0.4, -0.2) is 35.5 Å². The van der Waals surface area contributed by atoms with Crippen molar-refractivity contribution >= 4 is 28.6 Å². The smallest absolute Gasteiger partial charge is 0.264 e. The number of imidazole rings is 1. The van der Waals surface area contributed by atoms with Crippen molar-refractivity contribution in [2.75, 3.05) is 19.0 Å². The molecule has 0 unspecified atom stereocenters. The molecule has 4 rings (SSSR count). The molecule has 0 spiro atoms. The molecule has 0 radical (unpaired) electrons. The SMILES string of the molecule is CN(C)c1ccc(-c2nc3ccccc3n2C(=O)c2ccccc2C(=O)[O-])cc1. The maximum atomic E-state index is 13.4. The van der Waals surface area contributed by atoms with Crippen molar-refractivity contribution in [2.45, 2.75) is 0 Å². The standard InChI is InChI=1S/C23H19N3O3/c1-25(2)16-13-11-15(12-14-16)21-24-19-9-5-6-10-20(19)26(21)22(27)17-7-3-4-8-18(17)23(28)29/h3-14H,1-2H3,(H,28,29)/p-1. The van der Waals surface area contributed by atoms with Crippen molar-refractivity contribution in [1.82, 2.24) is 9.55 Å². The van der Waals surface area contributed by atoms with E-state index in [9.17, 15) is 14.7 Å². The van der Waals surface area contributed by atoms with Crippen LogP contribution in [-0.2, 0) is 0 Å². The van der Waals surface area contributed by atoms with Gasteiger partial charge in [-0.1, -0.05) is 30.3 Å². The molecule has 29 heavy (non-hydrogen) atoms. The molecule has 0 saturated carbocycles. The van der Waals surface area contributed by atoms with Gasteiger partial charge in [0.25, 0.3) is 5.91 Å². The number of aromatic carboxylic acids is 1. The number of nitrogens with zero attached hydrogens (tertiary/aromatic N) is 3. The van der Waals surface area contributed by atoms with Crippen molar-refractivity contribution in [3.63, 3.8) is 0 Å². The number of hydrogen-bond donors (Lipinski definition) is 0. The van der Waals surface area contributed by atoms with Crippen molar-refractivity contribution in [2.24, 2.45) is 0 Å². The first-order chi connectivity index (χ1) is 14.0. The van der Waals surface area contributed by atoms with E-state index in [1.54, 1.807) is 18.2 Å². The van der Waals surface area contributed by atoms with Gasteiger partial charge in [0, 0.05) is 36.5 Å². The van der Waals surface area contributed by atoms with Crippen LogP contribution in [0, 0.1) is 0 Å². The summed E-state index contributed by atoms with van der Waals surface area (Å²) in [7, 11) is 3.90. The zero-order valence-corrected chi connectivity index (χ0v) is 16.0. The molecule has 0 atom stereocenters. The number of carboxylic acid groups (broad SMARTS) is 1. The van der Waals surface area contributed by atoms with Crippen molar-refractivity contribution in [3.05, 3.63) is 83.9 Å². The largest absolute Gasteiger partial charge is 0.545 e. The van der Waals surface area contributed by atoms with E-state index in [-0.39, 0.29) is 11.1 Å². The molecule has 1 aromatic heterocycles. The second-order valence-corrected chi connectivity index (χ2v) is 6.84. The lowest BCUT2D eigenvalue weighted by atomic mass is 10.1. The molecule has 0 saturated heterocycles. The summed E-state index contributed by atoms with van der Waals surface area (Å²) in [5.41, 5.74) is 2.94. The Balaban J connectivity index is 1.93. The Morgan fingerprint density at radius 2 is 1.48 bits per heavy atom. The summed E-state index contributed by atoms with van der Waals surface area (Å²) in [5, 5.41) is 11.5. The van der Waals surface area contributed by atoms with Gasteiger partial charge < -0.3 is 14.8 Å². The lowest BCUT2D eigenvalue weighted by Gasteiger charge is -2.14. The van der Waals surface area contributed by atoms with Crippen LogP contribution in [0.3, 0.4) is 0 Å². The molecule has 1 heterocycles. The van der Waals surface area contributed by atoms with E-state index in [1.165, 1.54) is 16.7 Å². The molecule has 0 amide bonds. The maximum Gasteiger partial charge on any atom is 0.264 e. The van der Waals surface area contributed by atoms with E-state index in [0.717, 1.165) is 11.3 Å². The summed E-state index contributed by atoms with van der Waals surface area (Å²) in [4.78, 5) is 31.6. The number of para-hydroxylation sites is 2. The van der Waals surface area contributed by atoms with Gasteiger partial charge in [0.1, 0.15) is 5.82 Å². The second-order valence-electron chi connectivity index (χ2n) is 6.84. The van der Waals surface area contributed by atoms with Crippen molar-refractivity contribution < 1.29 is 14.7 Å². The molecular weight excluding hydrogens is 366 g/mol. The Morgan fingerprint density at radius 3 is 2.14 bits per heavy atom. The Morgan fingerprint density at radius 1 is 0.862 bits per heavy atom. The van der Waals surface area contributed by atoms with Crippen LogP contribution in [0.25, 0.3) is 22.4 Å². The topological polar surface area (TPSA) is 78.3 Å². The fourth-order valence-electron chi connectivity index (χ4n) is 3.30. The van der Waals surface area contributed by atoms with E-state index in [4.69, 9.17) is 0 Å². The number of aromatic nitrogens is 2. The van der Waals surface area contributed by atoms with E-state index >= 15 is 0 Å². The van der Waals surface area contributed by atoms with E-state index in [2.05, 4.69) is 4.98 Å². The lowest BCUT2D eigenvalue weighted by molar-refractivity contribution is -0.255. The molecule has 0 fully saturated rings. The maximum absolute atomic E-state index is 13.4. The number of hydrogen-bond acceptors (Lipinski definition) is 5. The van der Waals surface area contributed by atoms with Gasteiger partial charge in [0.05, 0.1) is 17.0 Å². The quantitative estimate of drug-likeness (QED) is 0.541. The van der Waals surface area contributed by atoms with Crippen molar-refractivity contribution in [3.8, 4) is 11.4 Å². The minimum Gasteiger partial charge on any atom is -0.545 e. The molecule has 4 aromatic rings. The number of carboxylic acids is 1. The third kappa shape index (κ3) is 3.25. The monoisotopic (exact) mass is 384 g/mol. The molecule has 6 nitrogen and oxygen atoms in total. The van der Waals surface area contributed by atoms with Gasteiger partial charge in [-0.05, 0) is 42.5 Å². The number of fused-ring (bicyclic) bond motifs is 1. The number of rotatable bonds is 4. The zero-order chi connectivity index (χ0) is 20.5. The van der Waals surface area contributed by atoms with E-state index in [0.29, 0.717) is 16.9 Å². The van der Waals surface area contributed by atoms with Gasteiger partial charge in [-0.15, -0.1) is 0 Å².